The molecule has 0 aliphatic heterocycles. The number of nitrogens with zero attached hydrogens (tertiary/aromatic N) is 2. The molecule has 70 valence electrons. The Morgan fingerprint density at radius 3 is 2.31 bits per heavy atom. The molecule has 1 saturated carbocycles. The molecule has 1 aliphatic carbocycles. The average molecular weight is 180 g/mol. The summed E-state index contributed by atoms with van der Waals surface area (Å²) >= 11 is 0. The fourth-order valence-electron chi connectivity index (χ4n) is 1.70. The summed E-state index contributed by atoms with van der Waals surface area (Å²) in [6.45, 7) is 0.570. The van der Waals surface area contributed by atoms with Gasteiger partial charge in [-0.05, 0) is 31.6 Å². The van der Waals surface area contributed by atoms with Crippen molar-refractivity contribution in [2.75, 3.05) is 6.54 Å². The van der Waals surface area contributed by atoms with Crippen molar-refractivity contribution < 1.29 is 9.59 Å². The Bertz CT molecular complexity index is 244. The van der Waals surface area contributed by atoms with Crippen LogP contribution in [0.5, 0.6) is 0 Å². The summed E-state index contributed by atoms with van der Waals surface area (Å²) in [6.07, 6.45) is 6.92. The summed E-state index contributed by atoms with van der Waals surface area (Å²) in [5.74, 6) is 0.472. The summed E-state index contributed by atoms with van der Waals surface area (Å²) in [7, 11) is 0. The van der Waals surface area contributed by atoms with Crippen LogP contribution in [0.15, 0.2) is 9.98 Å². The Morgan fingerprint density at radius 1 is 1.08 bits per heavy atom. The quantitative estimate of drug-likeness (QED) is 0.484. The molecule has 0 amide bonds. The predicted molar refractivity (Wildman–Crippen MR) is 46.9 cm³/mol. The van der Waals surface area contributed by atoms with Gasteiger partial charge in [0.25, 0.3) is 0 Å². The zero-order valence-corrected chi connectivity index (χ0v) is 7.40. The van der Waals surface area contributed by atoms with Crippen LogP contribution in [0.2, 0.25) is 0 Å². The Balaban J connectivity index is 2.29. The van der Waals surface area contributed by atoms with Gasteiger partial charge in [0, 0.05) is 0 Å². The summed E-state index contributed by atoms with van der Waals surface area (Å²) in [4.78, 5) is 27.1. The molecule has 4 nitrogen and oxygen atoms in total. The highest BCUT2D eigenvalue weighted by Crippen LogP contribution is 2.25. The average Bonchev–Trinajstić information content (AvgIpc) is 2.17. The Labute approximate surface area is 76.8 Å². The van der Waals surface area contributed by atoms with Gasteiger partial charge >= 0.3 is 0 Å². The van der Waals surface area contributed by atoms with E-state index < -0.39 is 0 Å². The lowest BCUT2D eigenvalue weighted by Gasteiger charge is -2.23. The van der Waals surface area contributed by atoms with Crippen LogP contribution in [0.1, 0.15) is 25.7 Å². The molecule has 13 heavy (non-hydrogen) atoms. The number of aliphatic imine (C=N–C) groups is 2. The van der Waals surface area contributed by atoms with Gasteiger partial charge in [-0.2, -0.15) is 0 Å². The molecule has 1 aliphatic rings. The lowest BCUT2D eigenvalue weighted by atomic mass is 9.86. The second-order valence-corrected chi connectivity index (χ2v) is 3.33. The highest BCUT2D eigenvalue weighted by Gasteiger charge is 2.20. The second-order valence-electron chi connectivity index (χ2n) is 3.33. The van der Waals surface area contributed by atoms with Crippen molar-refractivity contribution in [1.29, 1.82) is 0 Å². The molecule has 0 heterocycles. The van der Waals surface area contributed by atoms with Crippen LogP contribution in [-0.4, -0.2) is 24.7 Å². The van der Waals surface area contributed by atoms with Gasteiger partial charge in [-0.25, -0.2) is 19.6 Å². The normalized spacial score (nSPS) is 27.1. The molecule has 0 spiro atoms. The molecule has 0 aromatic carbocycles. The standard InChI is InChI=1S/C9H12N2O2/c12-6-10-5-8-1-3-9(4-2-8)11-7-13/h8-9H,1-5H2. The second kappa shape index (κ2) is 5.41. The van der Waals surface area contributed by atoms with Gasteiger partial charge in [0.2, 0.25) is 12.2 Å². The van der Waals surface area contributed by atoms with Gasteiger partial charge in [0.05, 0.1) is 12.6 Å². The van der Waals surface area contributed by atoms with Crippen molar-refractivity contribution in [3.05, 3.63) is 0 Å². The van der Waals surface area contributed by atoms with E-state index in [1.54, 1.807) is 12.2 Å². The predicted octanol–water partition coefficient (Wildman–Crippen LogP) is 1.22. The first-order valence-electron chi connectivity index (χ1n) is 4.47. The molecular weight excluding hydrogens is 168 g/mol. The fourth-order valence-corrected chi connectivity index (χ4v) is 1.70. The smallest absolute Gasteiger partial charge is 0.211 e. The van der Waals surface area contributed by atoms with E-state index in [4.69, 9.17) is 0 Å². The topological polar surface area (TPSA) is 58.9 Å². The van der Waals surface area contributed by atoms with E-state index in [0.29, 0.717) is 12.5 Å². The third-order valence-corrected chi connectivity index (χ3v) is 2.47. The molecule has 0 atom stereocenters. The van der Waals surface area contributed by atoms with Gasteiger partial charge in [0.1, 0.15) is 0 Å². The van der Waals surface area contributed by atoms with E-state index in [0.717, 1.165) is 25.7 Å². The SMILES string of the molecule is O=C=NCC1CCC(N=C=O)CC1. The molecule has 1 rings (SSSR count). The molecule has 1 fully saturated rings. The first kappa shape index (κ1) is 9.85. The first-order valence-corrected chi connectivity index (χ1v) is 4.47. The zero-order chi connectivity index (χ0) is 9.52. The van der Waals surface area contributed by atoms with Crippen LogP contribution in [-0.2, 0) is 9.59 Å². The maximum atomic E-state index is 9.97. The van der Waals surface area contributed by atoms with E-state index in [1.807, 2.05) is 0 Å². The molecular formula is C9H12N2O2. The highest BCUT2D eigenvalue weighted by atomic mass is 16.1. The van der Waals surface area contributed by atoms with Crippen molar-refractivity contribution in [2.45, 2.75) is 31.7 Å². The Kier molecular flexibility index (Phi) is 4.10. The van der Waals surface area contributed by atoms with Crippen LogP contribution in [0.4, 0.5) is 0 Å². The third-order valence-electron chi connectivity index (χ3n) is 2.47. The molecule has 0 N–H and O–H groups in total. The fraction of sp³-hybridized carbons (Fsp3) is 0.778. The first-order chi connectivity index (χ1) is 6.36. The van der Waals surface area contributed by atoms with Crippen molar-refractivity contribution in [3.8, 4) is 0 Å². The molecule has 0 aromatic heterocycles. The maximum absolute atomic E-state index is 9.97. The lowest BCUT2D eigenvalue weighted by molar-refractivity contribution is 0.334. The summed E-state index contributed by atoms with van der Waals surface area (Å²) < 4.78 is 0. The minimum absolute atomic E-state index is 0.147. The molecule has 0 radical (unpaired) electrons. The summed E-state index contributed by atoms with van der Waals surface area (Å²) in [6, 6.07) is 0.147. The molecule has 0 bridgehead atoms. The van der Waals surface area contributed by atoms with E-state index in [-0.39, 0.29) is 6.04 Å². The maximum Gasteiger partial charge on any atom is 0.235 e. The van der Waals surface area contributed by atoms with Crippen LogP contribution in [0.3, 0.4) is 0 Å². The number of isocyanates is 2. The van der Waals surface area contributed by atoms with Gasteiger partial charge in [-0.3, -0.25) is 0 Å². The van der Waals surface area contributed by atoms with Crippen molar-refractivity contribution in [1.82, 2.24) is 0 Å². The highest BCUT2D eigenvalue weighted by molar-refractivity contribution is 5.33. The van der Waals surface area contributed by atoms with Crippen molar-refractivity contribution >= 4 is 12.2 Å². The Hall–Kier alpha value is -1.24. The van der Waals surface area contributed by atoms with E-state index >= 15 is 0 Å². The zero-order valence-electron chi connectivity index (χ0n) is 7.40. The molecule has 4 heteroatoms. The number of hydrogen-bond donors (Lipinski definition) is 0. The van der Waals surface area contributed by atoms with Gasteiger partial charge in [-0.15, -0.1) is 0 Å². The van der Waals surface area contributed by atoms with Gasteiger partial charge < -0.3 is 0 Å². The minimum atomic E-state index is 0.147. The largest absolute Gasteiger partial charge is 0.235 e. The summed E-state index contributed by atoms with van der Waals surface area (Å²) in [5.41, 5.74) is 0. The van der Waals surface area contributed by atoms with Gasteiger partial charge in [0.15, 0.2) is 0 Å². The van der Waals surface area contributed by atoms with E-state index in [2.05, 4.69) is 9.98 Å². The lowest BCUT2D eigenvalue weighted by Crippen LogP contribution is -2.18. The van der Waals surface area contributed by atoms with Crippen LogP contribution in [0, 0.1) is 5.92 Å². The number of rotatable bonds is 3. The van der Waals surface area contributed by atoms with Crippen LogP contribution >= 0.6 is 0 Å². The Morgan fingerprint density at radius 2 is 1.77 bits per heavy atom. The summed E-state index contributed by atoms with van der Waals surface area (Å²) in [5, 5.41) is 0. The number of carbonyl (C=O) groups excluding carboxylic acids is 2. The molecule has 0 aromatic rings. The van der Waals surface area contributed by atoms with E-state index in [1.165, 1.54) is 0 Å². The van der Waals surface area contributed by atoms with Crippen LogP contribution < -0.4 is 0 Å². The monoisotopic (exact) mass is 180 g/mol. The van der Waals surface area contributed by atoms with Crippen molar-refractivity contribution in [3.63, 3.8) is 0 Å². The van der Waals surface area contributed by atoms with Crippen LogP contribution in [0.25, 0.3) is 0 Å². The molecule has 0 saturated heterocycles. The van der Waals surface area contributed by atoms with Crippen molar-refractivity contribution in [2.24, 2.45) is 15.9 Å². The molecule has 0 unspecified atom stereocenters. The van der Waals surface area contributed by atoms with Gasteiger partial charge in [-0.1, -0.05) is 0 Å². The minimum Gasteiger partial charge on any atom is -0.211 e. The van der Waals surface area contributed by atoms with E-state index in [9.17, 15) is 9.59 Å². The third kappa shape index (κ3) is 3.32. The number of hydrogen-bond acceptors (Lipinski definition) is 4.